The van der Waals surface area contributed by atoms with Crippen molar-refractivity contribution in [3.8, 4) is 11.4 Å². The van der Waals surface area contributed by atoms with E-state index in [9.17, 15) is 4.79 Å². The predicted octanol–water partition coefficient (Wildman–Crippen LogP) is 6.33. The van der Waals surface area contributed by atoms with Crippen molar-refractivity contribution in [2.45, 2.75) is 58.7 Å². The first-order valence-corrected chi connectivity index (χ1v) is 13.4. The summed E-state index contributed by atoms with van der Waals surface area (Å²) in [5, 5.41) is 6.32. The summed E-state index contributed by atoms with van der Waals surface area (Å²) < 4.78 is 5.39. The van der Waals surface area contributed by atoms with Gasteiger partial charge < -0.3 is 20.3 Å². The lowest BCUT2D eigenvalue weighted by Gasteiger charge is -2.22. The van der Waals surface area contributed by atoms with Gasteiger partial charge in [-0.1, -0.05) is 54.6 Å². The zero-order valence-electron chi connectivity index (χ0n) is 23.9. The molecular weight excluding hydrogens is 502 g/mol. The van der Waals surface area contributed by atoms with Gasteiger partial charge in [0.1, 0.15) is 17.2 Å². The SMILES string of the molecule is C[C@@H](Cc1cccc([C@@H](C)NC(=O)OC(C)(C)C)c1)Nc1nccc(N(C)c2ccnc(-c3ccccc3)n2)n1. The number of aromatic nitrogens is 4. The molecule has 4 rings (SSSR count). The second-order valence-electron chi connectivity index (χ2n) is 10.8. The van der Waals surface area contributed by atoms with Gasteiger partial charge in [-0.15, -0.1) is 0 Å². The Morgan fingerprint density at radius 1 is 0.925 bits per heavy atom. The van der Waals surface area contributed by atoms with Crippen molar-refractivity contribution in [3.05, 3.63) is 90.3 Å². The van der Waals surface area contributed by atoms with Crippen LogP contribution in [0.4, 0.5) is 22.4 Å². The molecule has 0 unspecified atom stereocenters. The van der Waals surface area contributed by atoms with Gasteiger partial charge in [0.2, 0.25) is 5.95 Å². The Morgan fingerprint density at radius 2 is 1.62 bits per heavy atom. The van der Waals surface area contributed by atoms with Crippen molar-refractivity contribution in [1.82, 2.24) is 25.3 Å². The summed E-state index contributed by atoms with van der Waals surface area (Å²) in [6.07, 6.45) is 3.81. The third-order valence-electron chi connectivity index (χ3n) is 6.10. The van der Waals surface area contributed by atoms with Crippen LogP contribution < -0.4 is 15.5 Å². The maximum atomic E-state index is 12.2. The normalized spacial score (nSPS) is 12.8. The van der Waals surface area contributed by atoms with Crippen LogP contribution in [-0.4, -0.2) is 44.7 Å². The van der Waals surface area contributed by atoms with Gasteiger partial charge in [-0.25, -0.2) is 19.7 Å². The molecule has 1 amide bonds. The first kappa shape index (κ1) is 28.5. The fraction of sp³-hybridized carbons (Fsp3) is 0.323. The summed E-state index contributed by atoms with van der Waals surface area (Å²) in [5.74, 6) is 2.64. The lowest BCUT2D eigenvalue weighted by Crippen LogP contribution is -2.34. The van der Waals surface area contributed by atoms with Crippen LogP contribution in [0.2, 0.25) is 0 Å². The fourth-order valence-corrected chi connectivity index (χ4v) is 4.17. The minimum atomic E-state index is -0.541. The number of carbonyl (C=O) groups excluding carboxylic acids is 1. The summed E-state index contributed by atoms with van der Waals surface area (Å²) in [6.45, 7) is 9.58. The van der Waals surface area contributed by atoms with Crippen molar-refractivity contribution in [2.75, 3.05) is 17.3 Å². The largest absolute Gasteiger partial charge is 0.444 e. The lowest BCUT2D eigenvalue weighted by molar-refractivity contribution is 0.0508. The molecule has 0 radical (unpaired) electrons. The second kappa shape index (κ2) is 12.5. The second-order valence-corrected chi connectivity index (χ2v) is 10.8. The minimum Gasteiger partial charge on any atom is -0.444 e. The molecule has 0 bridgehead atoms. The Kier molecular flexibility index (Phi) is 8.93. The Hall–Kier alpha value is -4.53. The third kappa shape index (κ3) is 7.99. The van der Waals surface area contributed by atoms with Gasteiger partial charge in [-0.05, 0) is 64.3 Å². The summed E-state index contributed by atoms with van der Waals surface area (Å²) in [6, 6.07) is 21.7. The van der Waals surface area contributed by atoms with Crippen LogP contribution in [-0.2, 0) is 11.2 Å². The van der Waals surface area contributed by atoms with Crippen molar-refractivity contribution < 1.29 is 9.53 Å². The van der Waals surface area contributed by atoms with E-state index in [1.54, 1.807) is 12.4 Å². The average molecular weight is 540 g/mol. The van der Waals surface area contributed by atoms with Gasteiger partial charge in [0.05, 0.1) is 6.04 Å². The number of nitrogens with zero attached hydrogens (tertiary/aromatic N) is 5. The van der Waals surface area contributed by atoms with Crippen molar-refractivity contribution in [3.63, 3.8) is 0 Å². The topological polar surface area (TPSA) is 105 Å². The van der Waals surface area contributed by atoms with Crippen LogP contribution >= 0.6 is 0 Å². The maximum absolute atomic E-state index is 12.2. The number of nitrogens with one attached hydrogen (secondary N) is 2. The smallest absolute Gasteiger partial charge is 0.408 e. The standard InChI is InChI=1S/C31H37N7O2/c1-21(19-23-11-10-14-25(20-23)22(2)35-30(39)40-31(3,4)5)34-29-33-18-16-27(37-29)38(6)26-15-17-32-28(36-26)24-12-8-7-9-13-24/h7-18,20-22H,19H2,1-6H3,(H,35,39)(H,33,34,37)/t21-,22+/m0/s1. The number of carbonyl (C=O) groups is 1. The molecule has 0 saturated carbocycles. The maximum Gasteiger partial charge on any atom is 0.408 e. The van der Waals surface area contributed by atoms with Gasteiger partial charge in [-0.3, -0.25) is 0 Å². The van der Waals surface area contributed by atoms with Gasteiger partial charge in [-0.2, -0.15) is 4.98 Å². The quantitative estimate of drug-likeness (QED) is 0.254. The van der Waals surface area contributed by atoms with E-state index in [4.69, 9.17) is 14.7 Å². The molecule has 2 N–H and O–H groups in total. The van der Waals surface area contributed by atoms with Crippen LogP contribution in [0.1, 0.15) is 51.8 Å². The van der Waals surface area contributed by atoms with E-state index in [0.29, 0.717) is 17.6 Å². The molecule has 2 heterocycles. The molecule has 40 heavy (non-hydrogen) atoms. The number of anilines is 3. The van der Waals surface area contributed by atoms with Crippen LogP contribution in [0.5, 0.6) is 0 Å². The van der Waals surface area contributed by atoms with E-state index in [2.05, 4.69) is 39.7 Å². The first-order chi connectivity index (χ1) is 19.1. The Balaban J connectivity index is 1.39. The Morgan fingerprint density at radius 3 is 2.35 bits per heavy atom. The lowest BCUT2D eigenvalue weighted by atomic mass is 10.0. The zero-order valence-corrected chi connectivity index (χ0v) is 23.9. The monoisotopic (exact) mass is 539 g/mol. The summed E-state index contributed by atoms with van der Waals surface area (Å²) in [7, 11) is 1.92. The number of benzene rings is 2. The molecule has 2 atom stereocenters. The molecule has 208 valence electrons. The average Bonchev–Trinajstić information content (AvgIpc) is 2.92. The highest BCUT2D eigenvalue weighted by Crippen LogP contribution is 2.23. The number of ether oxygens (including phenoxy) is 1. The van der Waals surface area contributed by atoms with Crippen molar-refractivity contribution in [1.29, 1.82) is 0 Å². The Bertz CT molecular complexity index is 1420. The predicted molar refractivity (Wildman–Crippen MR) is 159 cm³/mol. The van der Waals surface area contributed by atoms with Crippen molar-refractivity contribution >= 4 is 23.7 Å². The fourth-order valence-electron chi connectivity index (χ4n) is 4.17. The van der Waals surface area contributed by atoms with E-state index in [1.807, 2.05) is 94.2 Å². The summed E-state index contributed by atoms with van der Waals surface area (Å²) >= 11 is 0. The molecule has 2 aromatic carbocycles. The van der Waals surface area contributed by atoms with Crippen LogP contribution in [0, 0.1) is 0 Å². The van der Waals surface area contributed by atoms with E-state index in [0.717, 1.165) is 28.9 Å². The molecule has 9 heteroatoms. The molecule has 9 nitrogen and oxygen atoms in total. The van der Waals surface area contributed by atoms with E-state index in [1.165, 1.54) is 0 Å². The number of hydrogen-bond donors (Lipinski definition) is 2. The number of rotatable bonds is 9. The number of hydrogen-bond acceptors (Lipinski definition) is 8. The Labute approximate surface area is 236 Å². The summed E-state index contributed by atoms with van der Waals surface area (Å²) in [5.41, 5.74) is 2.56. The number of alkyl carbamates (subject to hydrolysis) is 1. The van der Waals surface area contributed by atoms with Gasteiger partial charge in [0, 0.05) is 31.0 Å². The molecule has 4 aromatic rings. The summed E-state index contributed by atoms with van der Waals surface area (Å²) in [4.78, 5) is 32.4. The minimum absolute atomic E-state index is 0.0636. The number of amides is 1. The highest BCUT2D eigenvalue weighted by Gasteiger charge is 2.19. The van der Waals surface area contributed by atoms with Gasteiger partial charge in [0.15, 0.2) is 5.82 Å². The molecule has 0 fully saturated rings. The first-order valence-electron chi connectivity index (χ1n) is 13.4. The van der Waals surface area contributed by atoms with E-state index in [-0.39, 0.29) is 12.1 Å². The van der Waals surface area contributed by atoms with E-state index >= 15 is 0 Å². The molecule has 0 saturated heterocycles. The van der Waals surface area contributed by atoms with E-state index < -0.39 is 11.7 Å². The molecule has 0 aliphatic rings. The molecule has 0 spiro atoms. The molecular formula is C31H37N7O2. The molecule has 0 aliphatic carbocycles. The van der Waals surface area contributed by atoms with Crippen LogP contribution in [0.15, 0.2) is 79.1 Å². The van der Waals surface area contributed by atoms with Gasteiger partial charge in [0.25, 0.3) is 0 Å². The zero-order chi connectivity index (χ0) is 28.7. The highest BCUT2D eigenvalue weighted by molar-refractivity contribution is 5.68. The van der Waals surface area contributed by atoms with Crippen LogP contribution in [0.3, 0.4) is 0 Å². The van der Waals surface area contributed by atoms with Crippen LogP contribution in [0.25, 0.3) is 11.4 Å². The highest BCUT2D eigenvalue weighted by atomic mass is 16.6. The molecule has 0 aliphatic heterocycles. The van der Waals surface area contributed by atoms with Gasteiger partial charge >= 0.3 is 6.09 Å². The van der Waals surface area contributed by atoms with Crippen molar-refractivity contribution in [2.24, 2.45) is 0 Å². The third-order valence-corrected chi connectivity index (χ3v) is 6.10. The molecule has 2 aromatic heterocycles.